The second-order valence-electron chi connectivity index (χ2n) is 13.5. The molecule has 0 saturated carbocycles. The molecule has 11 rings (SSSR count). The highest BCUT2D eigenvalue weighted by atomic mass is 15.1. The van der Waals surface area contributed by atoms with E-state index in [1.165, 1.54) is 10.8 Å². The molecule has 0 radical (unpaired) electrons. The molecule has 8 aromatic carbocycles. The summed E-state index contributed by atoms with van der Waals surface area (Å²) in [5, 5.41) is 20.0. The summed E-state index contributed by atoms with van der Waals surface area (Å²) in [5.74, 6) is 0. The quantitative estimate of drug-likeness (QED) is 0.172. The molecule has 3 aromatic heterocycles. The Kier molecular flexibility index (Phi) is 6.02. The summed E-state index contributed by atoms with van der Waals surface area (Å²) >= 11 is 0. The molecule has 0 aliphatic heterocycles. The molecular weight excluding hydrogens is 647 g/mol. The van der Waals surface area contributed by atoms with E-state index in [4.69, 9.17) is 6.57 Å². The van der Waals surface area contributed by atoms with Crippen LogP contribution in [0, 0.1) is 17.9 Å². The van der Waals surface area contributed by atoms with Gasteiger partial charge in [-0.25, -0.2) is 4.85 Å². The molecule has 5 nitrogen and oxygen atoms in total. The molecule has 0 fully saturated rings. The number of hydrogen-bond acceptors (Lipinski definition) is 1. The Morgan fingerprint density at radius 2 is 0.962 bits per heavy atom. The van der Waals surface area contributed by atoms with Crippen LogP contribution in [0.15, 0.2) is 164 Å². The number of aromatic nitrogens is 3. The van der Waals surface area contributed by atoms with Gasteiger partial charge in [0, 0.05) is 38.0 Å². The van der Waals surface area contributed by atoms with Gasteiger partial charge in [-0.15, -0.1) is 0 Å². The van der Waals surface area contributed by atoms with Crippen molar-refractivity contribution in [1.29, 1.82) is 5.26 Å². The van der Waals surface area contributed by atoms with Crippen molar-refractivity contribution in [2.24, 2.45) is 0 Å². The first-order chi connectivity index (χ1) is 26.2. The molecule has 0 spiro atoms. The lowest BCUT2D eigenvalue weighted by molar-refractivity contribution is 1.09. The molecule has 11 aromatic rings. The molecule has 5 heteroatoms. The van der Waals surface area contributed by atoms with E-state index in [0.717, 1.165) is 82.5 Å². The predicted molar refractivity (Wildman–Crippen MR) is 218 cm³/mol. The van der Waals surface area contributed by atoms with Crippen LogP contribution in [0.4, 0.5) is 5.69 Å². The zero-order chi connectivity index (χ0) is 35.2. The van der Waals surface area contributed by atoms with Crippen LogP contribution in [0.1, 0.15) is 5.56 Å². The largest absolute Gasteiger partial charge is 0.309 e. The van der Waals surface area contributed by atoms with Crippen molar-refractivity contribution in [2.45, 2.75) is 0 Å². The number of hydrogen-bond donors (Lipinski definition) is 0. The molecule has 0 aliphatic rings. The Morgan fingerprint density at radius 3 is 1.55 bits per heavy atom. The third-order valence-electron chi connectivity index (χ3n) is 10.8. The third-order valence-corrected chi connectivity index (χ3v) is 10.8. The van der Waals surface area contributed by atoms with Gasteiger partial charge in [-0.2, -0.15) is 5.26 Å². The van der Waals surface area contributed by atoms with Crippen molar-refractivity contribution in [3.63, 3.8) is 0 Å². The van der Waals surface area contributed by atoms with E-state index in [0.29, 0.717) is 11.3 Å². The Balaban J connectivity index is 1.31. The average Bonchev–Trinajstić information content (AvgIpc) is 3.86. The van der Waals surface area contributed by atoms with Crippen LogP contribution in [0.3, 0.4) is 0 Å². The highest BCUT2D eigenvalue weighted by Gasteiger charge is 2.24. The molecule has 53 heavy (non-hydrogen) atoms. The van der Waals surface area contributed by atoms with Crippen molar-refractivity contribution in [3.8, 4) is 23.1 Å². The maximum Gasteiger partial charge on any atom is 0.190 e. The normalized spacial score (nSPS) is 11.7. The maximum absolute atomic E-state index is 10.8. The zero-order valence-electron chi connectivity index (χ0n) is 28.3. The van der Waals surface area contributed by atoms with Crippen LogP contribution in [-0.4, -0.2) is 13.7 Å². The number of fused-ring (bicyclic) bond motifs is 11. The molecule has 244 valence electrons. The van der Waals surface area contributed by atoms with Gasteiger partial charge < -0.3 is 13.7 Å². The fourth-order valence-electron chi connectivity index (χ4n) is 8.70. The maximum atomic E-state index is 10.8. The Hall–Kier alpha value is -7.60. The molecule has 0 bridgehead atoms. The lowest BCUT2D eigenvalue weighted by Crippen LogP contribution is -2.06. The summed E-state index contributed by atoms with van der Waals surface area (Å²) in [6, 6.07) is 59.6. The summed E-state index contributed by atoms with van der Waals surface area (Å²) in [6.45, 7) is 8.12. The molecule has 0 unspecified atom stereocenters. The zero-order valence-corrected chi connectivity index (χ0v) is 28.3. The second kappa shape index (κ2) is 10.9. The predicted octanol–water partition coefficient (Wildman–Crippen LogP) is 12.6. The minimum Gasteiger partial charge on any atom is -0.309 e. The van der Waals surface area contributed by atoms with Crippen molar-refractivity contribution < 1.29 is 0 Å². The first-order valence-corrected chi connectivity index (χ1v) is 17.6. The highest BCUT2D eigenvalue weighted by Crippen LogP contribution is 2.43. The van der Waals surface area contributed by atoms with Crippen molar-refractivity contribution in [1.82, 2.24) is 13.7 Å². The van der Waals surface area contributed by atoms with Gasteiger partial charge in [-0.05, 0) is 71.4 Å². The van der Waals surface area contributed by atoms with Gasteiger partial charge in [0.15, 0.2) is 5.69 Å². The van der Waals surface area contributed by atoms with E-state index in [1.807, 2.05) is 18.2 Å². The van der Waals surface area contributed by atoms with Crippen molar-refractivity contribution >= 4 is 81.9 Å². The van der Waals surface area contributed by atoms with E-state index in [-0.39, 0.29) is 0 Å². The van der Waals surface area contributed by atoms with Crippen LogP contribution in [0.25, 0.3) is 98.1 Å². The fourth-order valence-corrected chi connectivity index (χ4v) is 8.70. The molecule has 0 amide bonds. The van der Waals surface area contributed by atoms with Crippen LogP contribution in [0.5, 0.6) is 0 Å². The van der Waals surface area contributed by atoms with Gasteiger partial charge in [0.05, 0.1) is 56.6 Å². The number of nitrogens with zero attached hydrogens (tertiary/aromatic N) is 5. The van der Waals surface area contributed by atoms with Crippen molar-refractivity contribution in [3.05, 3.63) is 181 Å². The summed E-state index contributed by atoms with van der Waals surface area (Å²) in [4.78, 5) is 3.89. The fraction of sp³-hybridized carbons (Fsp3) is 0. The summed E-state index contributed by atoms with van der Waals surface area (Å²) in [7, 11) is 0. The van der Waals surface area contributed by atoms with Gasteiger partial charge in [0.25, 0.3) is 0 Å². The third kappa shape index (κ3) is 3.99. The van der Waals surface area contributed by atoms with Crippen LogP contribution >= 0.6 is 0 Å². The van der Waals surface area contributed by atoms with Crippen LogP contribution in [0.2, 0.25) is 0 Å². The minimum absolute atomic E-state index is 0.416. The van der Waals surface area contributed by atoms with Crippen LogP contribution < -0.4 is 0 Å². The van der Waals surface area contributed by atoms with E-state index < -0.39 is 0 Å². The summed E-state index contributed by atoms with van der Waals surface area (Å²) < 4.78 is 6.83. The topological polar surface area (TPSA) is 42.9 Å². The van der Waals surface area contributed by atoms with Gasteiger partial charge in [-0.1, -0.05) is 103 Å². The molecule has 0 N–H and O–H groups in total. The smallest absolute Gasteiger partial charge is 0.190 e. The number of rotatable bonds is 3. The Morgan fingerprint density at radius 1 is 0.453 bits per heavy atom. The second-order valence-corrected chi connectivity index (χ2v) is 13.5. The molecular formula is C48H27N5. The van der Waals surface area contributed by atoms with Gasteiger partial charge in [0.1, 0.15) is 6.07 Å². The lowest BCUT2D eigenvalue weighted by Gasteiger charge is -2.19. The summed E-state index contributed by atoms with van der Waals surface area (Å²) in [6.07, 6.45) is 0. The molecule has 3 heterocycles. The van der Waals surface area contributed by atoms with E-state index in [2.05, 4.69) is 164 Å². The van der Waals surface area contributed by atoms with Crippen LogP contribution in [-0.2, 0) is 0 Å². The molecule has 0 saturated heterocycles. The first kappa shape index (κ1) is 29.2. The Labute approximate surface area is 303 Å². The molecule has 0 aliphatic carbocycles. The summed E-state index contributed by atoms with van der Waals surface area (Å²) in [5.41, 5.74) is 9.76. The van der Waals surface area contributed by atoms with Gasteiger partial charge in [-0.3, -0.25) is 0 Å². The van der Waals surface area contributed by atoms with E-state index in [9.17, 15) is 5.26 Å². The standard InChI is InChI=1S/C48H27N5/c1-50-32-26-31(29-49)48(53-42-20-10-6-16-37(42)38-17-7-11-21-43(38)53)46(27-32)52-44-25-23-33(28-39(44)47-34-13-3-2-12-30(34)22-24-45(47)52)51-40-18-8-4-14-35(40)36-15-5-9-19-41(36)51/h2-28H. The average molecular weight is 674 g/mol. The van der Waals surface area contributed by atoms with E-state index >= 15 is 0 Å². The monoisotopic (exact) mass is 673 g/mol. The lowest BCUT2D eigenvalue weighted by atomic mass is 10.0. The molecule has 0 atom stereocenters. The highest BCUT2D eigenvalue weighted by molar-refractivity contribution is 6.22. The number of para-hydroxylation sites is 4. The van der Waals surface area contributed by atoms with Gasteiger partial charge in [0.2, 0.25) is 0 Å². The number of benzene rings is 8. The number of nitriles is 1. The first-order valence-electron chi connectivity index (χ1n) is 17.6. The Bertz CT molecular complexity index is 3320. The van der Waals surface area contributed by atoms with Crippen molar-refractivity contribution in [2.75, 3.05) is 0 Å². The van der Waals surface area contributed by atoms with E-state index in [1.54, 1.807) is 6.07 Å². The minimum atomic E-state index is 0.416. The SMILES string of the molecule is [C-]#[N+]c1cc(C#N)c(-n2c3ccccc3c3ccccc32)c(-n2c3ccc(-n4c5ccccc5c5ccccc54)cc3c3c4ccccc4ccc32)c1. The van der Waals surface area contributed by atoms with Gasteiger partial charge >= 0.3 is 0 Å².